The quantitative estimate of drug-likeness (QED) is 0.281. The molecule has 1 heterocycles. The average Bonchev–Trinajstić information content (AvgIpc) is 2.83. The minimum atomic E-state index is -0.472. The highest BCUT2D eigenvalue weighted by atomic mass is 16.5. The monoisotopic (exact) mass is 442 g/mol. The number of benzene rings is 3. The number of ether oxygens (including phenoxy) is 1. The third-order valence-corrected chi connectivity index (χ3v) is 5.44. The number of carbonyl (C=O) groups is 1. The number of nitrogens with two attached hydrogens (primary N) is 1. The van der Waals surface area contributed by atoms with Crippen molar-refractivity contribution >= 4 is 22.7 Å². The van der Waals surface area contributed by atoms with E-state index in [9.17, 15) is 9.90 Å². The Bertz CT molecular complexity index is 1310. The lowest BCUT2D eigenvalue weighted by Gasteiger charge is -2.14. The number of carbonyl (C=O) groups excluding carboxylic acids is 1. The minimum absolute atomic E-state index is 0.0141. The van der Waals surface area contributed by atoms with Crippen LogP contribution in [-0.4, -0.2) is 33.6 Å². The summed E-state index contributed by atoms with van der Waals surface area (Å²) in [5.41, 5.74) is 8.45. The van der Waals surface area contributed by atoms with E-state index in [2.05, 4.69) is 15.3 Å². The number of nitrogens with zero attached hydrogens (tertiary/aromatic N) is 2. The molecule has 1 unspecified atom stereocenters. The van der Waals surface area contributed by atoms with Gasteiger partial charge in [-0.2, -0.15) is 0 Å². The molecule has 7 nitrogen and oxygen atoms in total. The number of phenolic OH excluding ortho intramolecular Hbond substituents is 1. The molecule has 0 saturated carbocycles. The molecule has 0 bridgehead atoms. The molecule has 0 radical (unpaired) electrons. The van der Waals surface area contributed by atoms with Gasteiger partial charge in [-0.05, 0) is 55.3 Å². The number of aromatic hydroxyl groups is 1. The maximum Gasteiger partial charge on any atom is 0.343 e. The molecular formula is C26H26N4O3. The zero-order chi connectivity index (χ0) is 23.4. The Kier molecular flexibility index (Phi) is 6.51. The summed E-state index contributed by atoms with van der Waals surface area (Å²) in [6.07, 6.45) is 0.831. The Morgan fingerprint density at radius 1 is 1.09 bits per heavy atom. The van der Waals surface area contributed by atoms with Crippen LogP contribution in [0.1, 0.15) is 29.3 Å². The van der Waals surface area contributed by atoms with E-state index in [1.165, 1.54) is 12.1 Å². The van der Waals surface area contributed by atoms with E-state index in [1.807, 2.05) is 50.2 Å². The number of aryl methyl sites for hydroxylation is 1. The van der Waals surface area contributed by atoms with E-state index in [1.54, 1.807) is 18.2 Å². The highest BCUT2D eigenvalue weighted by Crippen LogP contribution is 2.33. The lowest BCUT2D eigenvalue weighted by atomic mass is 10.1. The second-order valence-corrected chi connectivity index (χ2v) is 7.85. The van der Waals surface area contributed by atoms with Crippen molar-refractivity contribution in [2.75, 3.05) is 11.9 Å². The van der Waals surface area contributed by atoms with Gasteiger partial charge < -0.3 is 20.9 Å². The summed E-state index contributed by atoms with van der Waals surface area (Å²) in [5.74, 6) is 0.737. The van der Waals surface area contributed by atoms with E-state index in [0.29, 0.717) is 29.3 Å². The Morgan fingerprint density at radius 2 is 1.85 bits per heavy atom. The number of esters is 1. The standard InChI is InChI=1S/C26H26N4O3/c1-3-17(27)15-28-24-20-10-6-7-11-22(20)29-25(30-24)21-14-18(12-13-23(21)31)33-26(32)19-9-5-4-8-16(19)2/h4-14,17,31H,3,15,27H2,1-2H3,(H,28,29,30). The molecule has 1 atom stereocenters. The SMILES string of the molecule is CCC(N)CNc1nc(-c2cc(OC(=O)c3ccccc3C)ccc2O)nc2ccccc12. The molecule has 4 aromatic rings. The second kappa shape index (κ2) is 9.67. The van der Waals surface area contributed by atoms with Crippen LogP contribution in [-0.2, 0) is 0 Å². The van der Waals surface area contributed by atoms with Gasteiger partial charge in [0.2, 0.25) is 0 Å². The predicted molar refractivity (Wildman–Crippen MR) is 130 cm³/mol. The fourth-order valence-electron chi connectivity index (χ4n) is 3.43. The third-order valence-electron chi connectivity index (χ3n) is 5.44. The number of nitrogens with one attached hydrogen (secondary N) is 1. The zero-order valence-electron chi connectivity index (χ0n) is 18.6. The normalized spacial score (nSPS) is 11.8. The summed E-state index contributed by atoms with van der Waals surface area (Å²) < 4.78 is 5.57. The van der Waals surface area contributed by atoms with Crippen molar-refractivity contribution in [3.63, 3.8) is 0 Å². The van der Waals surface area contributed by atoms with Gasteiger partial charge >= 0.3 is 5.97 Å². The molecule has 7 heteroatoms. The summed E-state index contributed by atoms with van der Waals surface area (Å²) >= 11 is 0. The van der Waals surface area contributed by atoms with Crippen LogP contribution in [0.25, 0.3) is 22.3 Å². The Labute approximate surface area is 192 Å². The Balaban J connectivity index is 1.70. The molecule has 0 spiro atoms. The number of phenols is 1. The van der Waals surface area contributed by atoms with Crippen molar-refractivity contribution in [1.82, 2.24) is 9.97 Å². The molecule has 4 N–H and O–H groups in total. The van der Waals surface area contributed by atoms with Crippen LogP contribution in [0.5, 0.6) is 11.5 Å². The summed E-state index contributed by atoms with van der Waals surface area (Å²) in [7, 11) is 0. The zero-order valence-corrected chi connectivity index (χ0v) is 18.6. The maximum absolute atomic E-state index is 12.6. The number of fused-ring (bicyclic) bond motifs is 1. The minimum Gasteiger partial charge on any atom is -0.507 e. The predicted octanol–water partition coefficient (Wildman–Crippen LogP) is 4.68. The van der Waals surface area contributed by atoms with E-state index < -0.39 is 5.97 Å². The Hall–Kier alpha value is -3.97. The van der Waals surface area contributed by atoms with Gasteiger partial charge in [-0.1, -0.05) is 37.3 Å². The smallest absolute Gasteiger partial charge is 0.343 e. The first kappa shape index (κ1) is 22.2. The van der Waals surface area contributed by atoms with Gasteiger partial charge in [0.15, 0.2) is 5.82 Å². The molecule has 0 aliphatic heterocycles. The summed E-state index contributed by atoms with van der Waals surface area (Å²) in [5, 5.41) is 14.7. The largest absolute Gasteiger partial charge is 0.507 e. The van der Waals surface area contributed by atoms with Crippen LogP contribution in [0.2, 0.25) is 0 Å². The third kappa shape index (κ3) is 4.94. The van der Waals surface area contributed by atoms with Gasteiger partial charge in [0.05, 0.1) is 16.6 Å². The van der Waals surface area contributed by atoms with Crippen LogP contribution in [0, 0.1) is 6.92 Å². The van der Waals surface area contributed by atoms with Crippen LogP contribution in [0.4, 0.5) is 5.82 Å². The first-order chi connectivity index (χ1) is 16.0. The summed E-state index contributed by atoms with van der Waals surface area (Å²) in [6.45, 7) is 4.43. The van der Waals surface area contributed by atoms with Crippen molar-refractivity contribution in [3.8, 4) is 22.9 Å². The highest BCUT2D eigenvalue weighted by Gasteiger charge is 2.16. The van der Waals surface area contributed by atoms with Crippen LogP contribution in [0.15, 0.2) is 66.7 Å². The maximum atomic E-state index is 12.6. The van der Waals surface area contributed by atoms with E-state index >= 15 is 0 Å². The molecule has 3 aromatic carbocycles. The van der Waals surface area contributed by atoms with Gasteiger partial charge in [0, 0.05) is 18.0 Å². The van der Waals surface area contributed by atoms with Gasteiger partial charge in [-0.25, -0.2) is 14.8 Å². The lowest BCUT2D eigenvalue weighted by molar-refractivity contribution is 0.0734. The number of hydrogen-bond acceptors (Lipinski definition) is 7. The van der Waals surface area contributed by atoms with Gasteiger partial charge in [-0.3, -0.25) is 0 Å². The first-order valence-electron chi connectivity index (χ1n) is 10.8. The fourth-order valence-corrected chi connectivity index (χ4v) is 3.43. The number of para-hydroxylation sites is 1. The van der Waals surface area contributed by atoms with Crippen molar-refractivity contribution in [2.45, 2.75) is 26.3 Å². The summed E-state index contributed by atoms with van der Waals surface area (Å²) in [6, 6.07) is 19.4. The number of rotatable bonds is 7. The molecule has 0 saturated heterocycles. The second-order valence-electron chi connectivity index (χ2n) is 7.85. The molecule has 0 amide bonds. The molecule has 1 aromatic heterocycles. The summed E-state index contributed by atoms with van der Waals surface area (Å²) in [4.78, 5) is 21.9. The van der Waals surface area contributed by atoms with Gasteiger partial charge in [0.1, 0.15) is 17.3 Å². The molecule has 4 rings (SSSR count). The van der Waals surface area contributed by atoms with Gasteiger partial charge in [-0.15, -0.1) is 0 Å². The topological polar surface area (TPSA) is 110 Å². The van der Waals surface area contributed by atoms with Crippen molar-refractivity contribution in [2.24, 2.45) is 5.73 Å². The average molecular weight is 443 g/mol. The van der Waals surface area contributed by atoms with Crippen molar-refractivity contribution in [3.05, 3.63) is 77.9 Å². The molecule has 0 fully saturated rings. The van der Waals surface area contributed by atoms with Crippen molar-refractivity contribution < 1.29 is 14.6 Å². The highest BCUT2D eigenvalue weighted by molar-refractivity contribution is 5.93. The van der Waals surface area contributed by atoms with Gasteiger partial charge in [0.25, 0.3) is 0 Å². The lowest BCUT2D eigenvalue weighted by Crippen LogP contribution is -2.28. The molecule has 33 heavy (non-hydrogen) atoms. The Morgan fingerprint density at radius 3 is 2.64 bits per heavy atom. The molecule has 168 valence electrons. The molecule has 0 aliphatic rings. The van der Waals surface area contributed by atoms with E-state index in [4.69, 9.17) is 10.5 Å². The van der Waals surface area contributed by atoms with Crippen LogP contribution in [0.3, 0.4) is 0 Å². The molecule has 0 aliphatic carbocycles. The van der Waals surface area contributed by atoms with Crippen LogP contribution < -0.4 is 15.8 Å². The van der Waals surface area contributed by atoms with E-state index in [0.717, 1.165) is 22.9 Å². The number of hydrogen-bond donors (Lipinski definition) is 3. The van der Waals surface area contributed by atoms with Crippen LogP contribution >= 0.6 is 0 Å². The number of anilines is 1. The first-order valence-corrected chi connectivity index (χ1v) is 10.8. The molecular weight excluding hydrogens is 416 g/mol. The van der Waals surface area contributed by atoms with Crippen molar-refractivity contribution in [1.29, 1.82) is 0 Å². The van der Waals surface area contributed by atoms with E-state index in [-0.39, 0.29) is 17.5 Å². The number of aromatic nitrogens is 2. The fraction of sp³-hybridized carbons (Fsp3) is 0.192.